The molecule has 1 aliphatic rings. The van der Waals surface area contributed by atoms with Crippen LogP contribution in [0.4, 0.5) is 27.4 Å². The van der Waals surface area contributed by atoms with E-state index in [4.69, 9.17) is 9.72 Å². The predicted molar refractivity (Wildman–Crippen MR) is 150 cm³/mol. The number of benzene rings is 3. The van der Waals surface area contributed by atoms with E-state index < -0.39 is 0 Å². The van der Waals surface area contributed by atoms with Crippen molar-refractivity contribution in [2.24, 2.45) is 0 Å². The van der Waals surface area contributed by atoms with Gasteiger partial charge in [-0.1, -0.05) is 36.9 Å². The predicted octanol–water partition coefficient (Wildman–Crippen LogP) is 5.06. The monoisotopic (exact) mass is 512 g/mol. The van der Waals surface area contributed by atoms with E-state index in [1.165, 1.54) is 18.2 Å². The first-order valence-electron chi connectivity index (χ1n) is 12.2. The summed E-state index contributed by atoms with van der Waals surface area (Å²) >= 11 is 0. The van der Waals surface area contributed by atoms with E-state index in [2.05, 4.69) is 39.0 Å². The van der Waals surface area contributed by atoms with Crippen molar-refractivity contribution in [3.63, 3.8) is 0 Å². The first-order valence-corrected chi connectivity index (χ1v) is 12.2. The number of carbonyl (C=O) groups excluding carboxylic acids is 1. The minimum Gasteiger partial charge on any atom is -0.494 e. The quantitative estimate of drug-likeness (QED) is 0.319. The van der Waals surface area contributed by atoms with Gasteiger partial charge in [0.2, 0.25) is 11.9 Å². The highest BCUT2D eigenvalue weighted by molar-refractivity contribution is 6.02. The summed E-state index contributed by atoms with van der Waals surface area (Å²) in [5, 5.41) is 6.98. The topological polar surface area (TPSA) is 82.6 Å². The SMILES string of the molecule is C=CC(=O)Nc1cc(Nc2ncc3cccc(-c4cccc(F)c4)c3n2)c(OC)cc1N(C)C1CN(C)C1. The van der Waals surface area contributed by atoms with E-state index in [0.29, 0.717) is 34.6 Å². The standard InChI is InChI=1S/C29H29FN6O2/c1-5-27(37)32-23-13-24(26(38-4)14-25(23)36(3)21-16-35(2)17-21)33-29-31-15-19-9-7-11-22(28(19)34-29)18-8-6-10-20(30)12-18/h5-15,21H,1,16-17H2,2-4H3,(H,32,37)(H,31,33,34). The van der Waals surface area contributed by atoms with Gasteiger partial charge in [-0.25, -0.2) is 14.4 Å². The summed E-state index contributed by atoms with van der Waals surface area (Å²) in [6, 6.07) is 16.1. The van der Waals surface area contributed by atoms with Gasteiger partial charge in [0.1, 0.15) is 11.6 Å². The summed E-state index contributed by atoms with van der Waals surface area (Å²) < 4.78 is 19.7. The van der Waals surface area contributed by atoms with Crippen molar-refractivity contribution in [1.29, 1.82) is 0 Å². The average Bonchev–Trinajstić information content (AvgIpc) is 2.90. The Bertz CT molecular complexity index is 1520. The van der Waals surface area contributed by atoms with Gasteiger partial charge < -0.3 is 25.2 Å². The molecule has 9 heteroatoms. The van der Waals surface area contributed by atoms with Gasteiger partial charge in [0.25, 0.3) is 0 Å². The number of hydrogen-bond donors (Lipinski definition) is 2. The van der Waals surface area contributed by atoms with Crippen LogP contribution in [0.15, 0.2) is 73.4 Å². The number of anilines is 4. The number of fused-ring (bicyclic) bond motifs is 1. The molecule has 2 heterocycles. The lowest BCUT2D eigenvalue weighted by atomic mass is 10.0. The lowest BCUT2D eigenvalue weighted by Gasteiger charge is -2.43. The van der Waals surface area contributed by atoms with Gasteiger partial charge in [-0.2, -0.15) is 0 Å². The van der Waals surface area contributed by atoms with Crippen LogP contribution < -0.4 is 20.3 Å². The van der Waals surface area contributed by atoms with Crippen LogP contribution in [0.25, 0.3) is 22.0 Å². The molecule has 0 bridgehead atoms. The van der Waals surface area contributed by atoms with Gasteiger partial charge >= 0.3 is 0 Å². The van der Waals surface area contributed by atoms with Crippen LogP contribution in [-0.2, 0) is 4.79 Å². The third-order valence-corrected chi connectivity index (χ3v) is 6.73. The molecule has 3 aromatic carbocycles. The van der Waals surface area contributed by atoms with E-state index in [1.807, 2.05) is 37.4 Å². The lowest BCUT2D eigenvalue weighted by molar-refractivity contribution is -0.111. The molecule has 1 amide bonds. The molecule has 194 valence electrons. The number of nitrogens with one attached hydrogen (secondary N) is 2. The molecule has 38 heavy (non-hydrogen) atoms. The third-order valence-electron chi connectivity index (χ3n) is 6.73. The number of amides is 1. The zero-order valence-electron chi connectivity index (χ0n) is 21.5. The fraction of sp³-hybridized carbons (Fsp3) is 0.207. The maximum atomic E-state index is 13.9. The maximum Gasteiger partial charge on any atom is 0.247 e. The fourth-order valence-electron chi connectivity index (χ4n) is 4.64. The molecule has 1 saturated heterocycles. The van der Waals surface area contributed by atoms with Crippen LogP contribution in [0.5, 0.6) is 5.75 Å². The van der Waals surface area contributed by atoms with Crippen LogP contribution in [0, 0.1) is 5.82 Å². The Morgan fingerprint density at radius 2 is 1.97 bits per heavy atom. The number of likely N-dealkylation sites (N-methyl/N-ethyl adjacent to an activating group) is 2. The summed E-state index contributed by atoms with van der Waals surface area (Å²) in [5.74, 6) is 0.271. The molecule has 1 aromatic heterocycles. The maximum absolute atomic E-state index is 13.9. The van der Waals surface area contributed by atoms with Crippen molar-refractivity contribution in [3.8, 4) is 16.9 Å². The molecule has 2 N–H and O–H groups in total. The van der Waals surface area contributed by atoms with Crippen LogP contribution in [0.2, 0.25) is 0 Å². The minimum absolute atomic E-state index is 0.313. The van der Waals surface area contributed by atoms with Crippen molar-refractivity contribution < 1.29 is 13.9 Å². The second-order valence-electron chi connectivity index (χ2n) is 9.32. The van der Waals surface area contributed by atoms with Gasteiger partial charge in [-0.15, -0.1) is 0 Å². The van der Waals surface area contributed by atoms with Crippen molar-refractivity contribution in [1.82, 2.24) is 14.9 Å². The Morgan fingerprint density at radius 3 is 2.68 bits per heavy atom. The van der Waals surface area contributed by atoms with E-state index in [1.54, 1.807) is 25.4 Å². The minimum atomic E-state index is -0.316. The molecule has 0 saturated carbocycles. The smallest absolute Gasteiger partial charge is 0.247 e. The first kappa shape index (κ1) is 25.2. The first-order chi connectivity index (χ1) is 18.4. The molecule has 0 radical (unpaired) electrons. The average molecular weight is 513 g/mol. The molecule has 1 fully saturated rings. The number of halogens is 1. The Morgan fingerprint density at radius 1 is 1.18 bits per heavy atom. The van der Waals surface area contributed by atoms with E-state index in [0.717, 1.165) is 35.3 Å². The van der Waals surface area contributed by atoms with Crippen molar-refractivity contribution in [2.75, 3.05) is 49.8 Å². The van der Waals surface area contributed by atoms with E-state index in [9.17, 15) is 9.18 Å². The number of nitrogens with zero attached hydrogens (tertiary/aromatic N) is 4. The highest BCUT2D eigenvalue weighted by atomic mass is 19.1. The van der Waals surface area contributed by atoms with Gasteiger partial charge in [0, 0.05) is 43.4 Å². The fourth-order valence-corrected chi connectivity index (χ4v) is 4.64. The number of hydrogen-bond acceptors (Lipinski definition) is 7. The van der Waals surface area contributed by atoms with E-state index >= 15 is 0 Å². The zero-order valence-corrected chi connectivity index (χ0v) is 21.5. The highest BCUT2D eigenvalue weighted by Gasteiger charge is 2.29. The number of aromatic nitrogens is 2. The summed E-state index contributed by atoms with van der Waals surface area (Å²) in [4.78, 5) is 25.9. The second-order valence-corrected chi connectivity index (χ2v) is 9.32. The molecule has 8 nitrogen and oxygen atoms in total. The van der Waals surface area contributed by atoms with Gasteiger partial charge in [-0.05, 0) is 36.9 Å². The number of para-hydroxylation sites is 1. The summed E-state index contributed by atoms with van der Waals surface area (Å²) in [5.41, 5.74) is 4.21. The lowest BCUT2D eigenvalue weighted by Crippen LogP contribution is -2.56. The Kier molecular flexibility index (Phi) is 6.93. The number of rotatable bonds is 8. The molecule has 1 aliphatic heterocycles. The number of carbonyl (C=O) groups is 1. The highest BCUT2D eigenvalue weighted by Crippen LogP contribution is 2.39. The van der Waals surface area contributed by atoms with Crippen LogP contribution in [0.1, 0.15) is 0 Å². The third kappa shape index (κ3) is 5.01. The molecule has 0 aliphatic carbocycles. The number of likely N-dealkylation sites (tertiary alicyclic amines) is 1. The Hall–Kier alpha value is -4.50. The Labute approximate surface area is 220 Å². The summed E-state index contributed by atoms with van der Waals surface area (Å²) in [6.45, 7) is 5.42. The van der Waals surface area contributed by atoms with Crippen molar-refractivity contribution in [3.05, 3.63) is 79.3 Å². The zero-order chi connectivity index (χ0) is 26.8. The number of methoxy groups -OCH3 is 1. The molecule has 5 rings (SSSR count). The van der Waals surface area contributed by atoms with Crippen LogP contribution in [-0.4, -0.2) is 61.1 Å². The van der Waals surface area contributed by atoms with E-state index in [-0.39, 0.29) is 11.7 Å². The summed E-state index contributed by atoms with van der Waals surface area (Å²) in [6.07, 6.45) is 2.95. The summed E-state index contributed by atoms with van der Waals surface area (Å²) in [7, 11) is 5.66. The molecule has 4 aromatic rings. The normalized spacial score (nSPS) is 13.6. The van der Waals surface area contributed by atoms with Crippen molar-refractivity contribution >= 4 is 39.8 Å². The second kappa shape index (κ2) is 10.5. The van der Waals surface area contributed by atoms with Crippen LogP contribution >= 0.6 is 0 Å². The Balaban J connectivity index is 1.54. The van der Waals surface area contributed by atoms with Gasteiger partial charge in [0.15, 0.2) is 0 Å². The molecule has 0 spiro atoms. The van der Waals surface area contributed by atoms with Crippen molar-refractivity contribution in [2.45, 2.75) is 6.04 Å². The van der Waals surface area contributed by atoms with Gasteiger partial charge in [-0.3, -0.25) is 4.79 Å². The number of ether oxygens (including phenoxy) is 1. The molecule has 0 atom stereocenters. The van der Waals surface area contributed by atoms with Gasteiger partial charge in [0.05, 0.1) is 35.7 Å². The molecular formula is C29H29FN6O2. The molecule has 0 unspecified atom stereocenters. The van der Waals surface area contributed by atoms with Crippen LogP contribution in [0.3, 0.4) is 0 Å². The molecular weight excluding hydrogens is 483 g/mol. The largest absolute Gasteiger partial charge is 0.494 e.